The zero-order chi connectivity index (χ0) is 17.8. The number of rotatable bonds is 5. The van der Waals surface area contributed by atoms with E-state index in [4.69, 9.17) is 4.74 Å². The van der Waals surface area contributed by atoms with E-state index in [9.17, 15) is 5.26 Å². The molecule has 0 bridgehead atoms. The molecule has 0 unspecified atom stereocenters. The molecule has 0 saturated carbocycles. The highest BCUT2D eigenvalue weighted by Gasteiger charge is 2.20. The van der Waals surface area contributed by atoms with Gasteiger partial charge >= 0.3 is 0 Å². The molecule has 0 atom stereocenters. The van der Waals surface area contributed by atoms with Crippen molar-refractivity contribution < 1.29 is 4.74 Å². The standard InChI is InChI=1S/C19H16Br2N2OS/c1-2-7-24-18-15(20)8-12(9-16(18)21)11-23-19-14(10-22)13-5-3-4-6-17(13)25-19/h2,8-9,11H,1,3-7H2. The second kappa shape index (κ2) is 8.31. The Balaban J connectivity index is 1.89. The summed E-state index contributed by atoms with van der Waals surface area (Å²) >= 11 is 8.71. The minimum atomic E-state index is 0.441. The second-order valence-corrected chi connectivity index (χ2v) is 8.47. The number of nitriles is 1. The average Bonchev–Trinajstić information content (AvgIpc) is 2.96. The molecular formula is C19H16Br2N2OS. The maximum Gasteiger partial charge on any atom is 0.148 e. The fourth-order valence-corrected chi connectivity index (χ4v) is 5.46. The highest BCUT2D eigenvalue weighted by molar-refractivity contribution is 9.11. The van der Waals surface area contributed by atoms with Crippen molar-refractivity contribution in [2.45, 2.75) is 25.7 Å². The van der Waals surface area contributed by atoms with Gasteiger partial charge in [0.15, 0.2) is 0 Å². The van der Waals surface area contributed by atoms with Crippen LogP contribution in [-0.2, 0) is 12.8 Å². The number of benzene rings is 1. The topological polar surface area (TPSA) is 45.4 Å². The summed E-state index contributed by atoms with van der Waals surface area (Å²) in [6.07, 6.45) is 7.93. The van der Waals surface area contributed by atoms with Gasteiger partial charge in [-0.05, 0) is 80.8 Å². The number of fused-ring (bicyclic) bond motifs is 1. The van der Waals surface area contributed by atoms with Gasteiger partial charge in [0.2, 0.25) is 0 Å². The third kappa shape index (κ3) is 4.05. The quantitative estimate of drug-likeness (QED) is 0.371. The van der Waals surface area contributed by atoms with Crippen molar-refractivity contribution in [3.63, 3.8) is 0 Å². The Bertz CT molecular complexity index is 857. The van der Waals surface area contributed by atoms with E-state index < -0.39 is 0 Å². The van der Waals surface area contributed by atoms with Crippen molar-refractivity contribution in [2.24, 2.45) is 4.99 Å². The molecule has 0 aliphatic heterocycles. The second-order valence-electron chi connectivity index (χ2n) is 5.67. The molecule has 3 nitrogen and oxygen atoms in total. The Morgan fingerprint density at radius 1 is 1.28 bits per heavy atom. The highest BCUT2D eigenvalue weighted by atomic mass is 79.9. The van der Waals surface area contributed by atoms with E-state index in [0.717, 1.165) is 50.1 Å². The third-order valence-electron chi connectivity index (χ3n) is 3.96. The molecule has 1 aliphatic rings. The van der Waals surface area contributed by atoms with Crippen LogP contribution in [0.4, 0.5) is 5.00 Å². The van der Waals surface area contributed by atoms with Crippen LogP contribution in [0.15, 0.2) is 38.7 Å². The summed E-state index contributed by atoms with van der Waals surface area (Å²) < 4.78 is 7.32. The van der Waals surface area contributed by atoms with E-state index >= 15 is 0 Å². The third-order valence-corrected chi connectivity index (χ3v) is 6.34. The van der Waals surface area contributed by atoms with Crippen molar-refractivity contribution in [3.8, 4) is 11.8 Å². The van der Waals surface area contributed by atoms with Gasteiger partial charge < -0.3 is 4.74 Å². The van der Waals surface area contributed by atoms with Crippen LogP contribution >= 0.6 is 43.2 Å². The number of aliphatic imine (C=N–C) groups is 1. The number of ether oxygens (including phenoxy) is 1. The lowest BCUT2D eigenvalue weighted by Crippen LogP contribution is -1.99. The molecule has 2 aromatic rings. The van der Waals surface area contributed by atoms with E-state index in [-0.39, 0.29) is 0 Å². The summed E-state index contributed by atoms with van der Waals surface area (Å²) in [6.45, 7) is 4.10. The lowest BCUT2D eigenvalue weighted by molar-refractivity contribution is 0.358. The van der Waals surface area contributed by atoms with Gasteiger partial charge in [0.25, 0.3) is 0 Å². The Morgan fingerprint density at radius 3 is 2.68 bits per heavy atom. The Kier molecular flexibility index (Phi) is 6.10. The largest absolute Gasteiger partial charge is 0.487 e. The molecule has 0 saturated heterocycles. The van der Waals surface area contributed by atoms with Gasteiger partial charge in [-0.1, -0.05) is 12.7 Å². The first-order valence-corrected chi connectivity index (χ1v) is 10.4. The fourth-order valence-electron chi connectivity index (χ4n) is 2.83. The summed E-state index contributed by atoms with van der Waals surface area (Å²) in [7, 11) is 0. The Labute approximate surface area is 168 Å². The number of thiophene rings is 1. The molecule has 0 N–H and O–H groups in total. The minimum Gasteiger partial charge on any atom is -0.487 e. The SMILES string of the molecule is C=CCOc1c(Br)cc(C=Nc2sc3c(c2C#N)CCCC3)cc1Br. The van der Waals surface area contributed by atoms with Crippen LogP contribution in [0.5, 0.6) is 5.75 Å². The zero-order valence-electron chi connectivity index (χ0n) is 13.5. The van der Waals surface area contributed by atoms with Gasteiger partial charge in [0.05, 0.1) is 14.5 Å². The first kappa shape index (κ1) is 18.4. The Hall–Kier alpha value is -1.42. The smallest absolute Gasteiger partial charge is 0.148 e. The first-order chi connectivity index (χ1) is 12.1. The fraction of sp³-hybridized carbons (Fsp3) is 0.263. The van der Waals surface area contributed by atoms with Gasteiger partial charge in [0.1, 0.15) is 23.4 Å². The van der Waals surface area contributed by atoms with Crippen molar-refractivity contribution in [1.29, 1.82) is 5.26 Å². The van der Waals surface area contributed by atoms with E-state index in [2.05, 4.69) is 49.5 Å². The van der Waals surface area contributed by atoms with Gasteiger partial charge in [-0.2, -0.15) is 5.26 Å². The summed E-state index contributed by atoms with van der Waals surface area (Å²) in [5, 5.41) is 10.3. The summed E-state index contributed by atoms with van der Waals surface area (Å²) in [5.74, 6) is 0.737. The number of hydrogen-bond donors (Lipinski definition) is 0. The summed E-state index contributed by atoms with van der Waals surface area (Å²) in [4.78, 5) is 5.92. The molecule has 3 rings (SSSR count). The monoisotopic (exact) mass is 478 g/mol. The average molecular weight is 480 g/mol. The highest BCUT2D eigenvalue weighted by Crippen LogP contribution is 2.39. The van der Waals surface area contributed by atoms with Crippen LogP contribution in [0.2, 0.25) is 0 Å². The molecule has 128 valence electrons. The Morgan fingerprint density at radius 2 is 2.00 bits per heavy atom. The minimum absolute atomic E-state index is 0.441. The van der Waals surface area contributed by atoms with Gasteiger partial charge in [-0.15, -0.1) is 11.3 Å². The zero-order valence-corrected chi connectivity index (χ0v) is 17.5. The molecule has 1 aliphatic carbocycles. The van der Waals surface area contributed by atoms with E-state index in [0.29, 0.717) is 6.61 Å². The number of aryl methyl sites for hydroxylation is 1. The van der Waals surface area contributed by atoms with Crippen molar-refractivity contribution in [2.75, 3.05) is 6.61 Å². The van der Waals surface area contributed by atoms with Crippen LogP contribution in [0.25, 0.3) is 0 Å². The summed E-state index contributed by atoms with van der Waals surface area (Å²) in [5.41, 5.74) is 2.89. The van der Waals surface area contributed by atoms with Crippen LogP contribution in [0.1, 0.15) is 34.4 Å². The predicted molar refractivity (Wildman–Crippen MR) is 110 cm³/mol. The van der Waals surface area contributed by atoms with Crippen molar-refractivity contribution in [3.05, 3.63) is 55.3 Å². The van der Waals surface area contributed by atoms with Crippen LogP contribution < -0.4 is 4.74 Å². The molecular weight excluding hydrogens is 464 g/mol. The lowest BCUT2D eigenvalue weighted by atomic mass is 9.96. The van der Waals surface area contributed by atoms with E-state index in [1.807, 2.05) is 12.1 Å². The number of hydrogen-bond acceptors (Lipinski definition) is 4. The van der Waals surface area contributed by atoms with Gasteiger partial charge in [-0.25, -0.2) is 4.99 Å². The molecule has 0 amide bonds. The molecule has 0 fully saturated rings. The molecule has 0 spiro atoms. The van der Waals surface area contributed by atoms with Crippen LogP contribution in [0.3, 0.4) is 0 Å². The molecule has 1 aromatic carbocycles. The normalized spacial score (nSPS) is 13.5. The molecule has 25 heavy (non-hydrogen) atoms. The maximum atomic E-state index is 9.51. The number of nitrogens with zero attached hydrogens (tertiary/aromatic N) is 2. The number of halogens is 2. The first-order valence-electron chi connectivity index (χ1n) is 7.95. The maximum absolute atomic E-state index is 9.51. The molecule has 1 heterocycles. The predicted octanol–water partition coefficient (Wildman–Crippen LogP) is 6.34. The molecule has 0 radical (unpaired) electrons. The van der Waals surface area contributed by atoms with Gasteiger partial charge in [-0.3, -0.25) is 0 Å². The molecule has 6 heteroatoms. The van der Waals surface area contributed by atoms with Crippen LogP contribution in [-0.4, -0.2) is 12.8 Å². The van der Waals surface area contributed by atoms with Crippen LogP contribution in [0, 0.1) is 11.3 Å². The lowest BCUT2D eigenvalue weighted by Gasteiger charge is -2.09. The van der Waals surface area contributed by atoms with Crippen molar-refractivity contribution in [1.82, 2.24) is 0 Å². The molecule has 1 aromatic heterocycles. The van der Waals surface area contributed by atoms with Crippen molar-refractivity contribution >= 4 is 54.4 Å². The van der Waals surface area contributed by atoms with E-state index in [1.54, 1.807) is 23.6 Å². The summed E-state index contributed by atoms with van der Waals surface area (Å²) in [6, 6.07) is 6.25. The van der Waals surface area contributed by atoms with Gasteiger partial charge in [0, 0.05) is 11.1 Å². The van der Waals surface area contributed by atoms with E-state index in [1.165, 1.54) is 16.9 Å².